The van der Waals surface area contributed by atoms with Gasteiger partial charge in [-0.2, -0.15) is 0 Å². The highest BCUT2D eigenvalue weighted by Crippen LogP contribution is 2.41. The molecule has 0 nitrogen and oxygen atoms in total. The van der Waals surface area contributed by atoms with E-state index in [1.807, 2.05) is 0 Å². The maximum absolute atomic E-state index is 13.4. The second kappa shape index (κ2) is 8.78. The Morgan fingerprint density at radius 2 is 1.68 bits per heavy atom. The summed E-state index contributed by atoms with van der Waals surface area (Å²) < 4.78 is 26.9. The average molecular weight is 344 g/mol. The lowest BCUT2D eigenvalue weighted by Crippen LogP contribution is -2.22. The first-order valence-corrected chi connectivity index (χ1v) is 9.98. The lowest BCUT2D eigenvalue weighted by Gasteiger charge is -2.35. The molecule has 1 atom stereocenters. The topological polar surface area (TPSA) is 0 Å². The fourth-order valence-corrected chi connectivity index (χ4v) is 4.55. The Labute approximate surface area is 151 Å². The maximum Gasteiger partial charge on any atom is 0.126 e. The van der Waals surface area contributed by atoms with E-state index >= 15 is 0 Å². The summed E-state index contributed by atoms with van der Waals surface area (Å²) in [5.41, 5.74) is 1.84. The van der Waals surface area contributed by atoms with Crippen LogP contribution in [-0.4, -0.2) is 0 Å². The van der Waals surface area contributed by atoms with Gasteiger partial charge in [-0.15, -0.1) is 0 Å². The van der Waals surface area contributed by atoms with Crippen molar-refractivity contribution in [3.8, 4) is 0 Å². The van der Waals surface area contributed by atoms with E-state index in [9.17, 15) is 8.78 Å². The monoisotopic (exact) mass is 344 g/mol. The van der Waals surface area contributed by atoms with E-state index in [1.165, 1.54) is 50.7 Å². The van der Waals surface area contributed by atoms with Gasteiger partial charge < -0.3 is 0 Å². The third kappa shape index (κ3) is 5.03. The van der Waals surface area contributed by atoms with Crippen LogP contribution in [0.1, 0.15) is 70.3 Å². The molecule has 0 bridgehead atoms. The van der Waals surface area contributed by atoms with Gasteiger partial charge in [0.15, 0.2) is 0 Å². The fraction of sp³-hybridized carbons (Fsp3) is 0.565. The van der Waals surface area contributed by atoms with Crippen LogP contribution in [0, 0.1) is 29.4 Å². The smallest absolute Gasteiger partial charge is 0.126 e. The van der Waals surface area contributed by atoms with E-state index in [1.54, 1.807) is 0 Å². The second-order valence-corrected chi connectivity index (χ2v) is 7.81. The van der Waals surface area contributed by atoms with Gasteiger partial charge in [-0.1, -0.05) is 31.6 Å². The minimum Gasteiger partial charge on any atom is -0.207 e. The van der Waals surface area contributed by atoms with Crippen LogP contribution in [0.4, 0.5) is 8.78 Å². The largest absolute Gasteiger partial charge is 0.207 e. The summed E-state index contributed by atoms with van der Waals surface area (Å²) in [6.45, 7) is 2.23. The van der Waals surface area contributed by atoms with Crippen molar-refractivity contribution in [2.24, 2.45) is 17.8 Å². The molecule has 0 aromatic heterocycles. The summed E-state index contributed by atoms with van der Waals surface area (Å²) in [5, 5.41) is 0. The normalized spacial score (nSPS) is 27.5. The molecule has 2 aliphatic rings. The van der Waals surface area contributed by atoms with Crippen molar-refractivity contribution < 1.29 is 8.78 Å². The summed E-state index contributed by atoms with van der Waals surface area (Å²) in [7, 11) is 0. The van der Waals surface area contributed by atoms with Crippen molar-refractivity contribution >= 4 is 5.57 Å². The molecule has 1 aromatic rings. The zero-order valence-corrected chi connectivity index (χ0v) is 15.3. The Hall–Kier alpha value is -1.44. The number of benzene rings is 1. The van der Waals surface area contributed by atoms with Gasteiger partial charge in [-0.25, -0.2) is 8.78 Å². The fourth-order valence-electron chi connectivity index (χ4n) is 4.55. The molecule has 3 rings (SSSR count). The standard InChI is InChI=1S/C23H30F2/c1-2-3-4-5-17-6-8-18(9-7-17)19-10-12-20(13-11-19)21-14-22(24)16-23(25)15-21/h4-5,12,14-19H,2-3,6-11,13H2,1H3. The zero-order chi connectivity index (χ0) is 17.6. The van der Waals surface area contributed by atoms with E-state index < -0.39 is 11.6 Å². The molecule has 0 amide bonds. The number of hydrogen-bond acceptors (Lipinski definition) is 0. The van der Waals surface area contributed by atoms with Crippen LogP contribution in [0.2, 0.25) is 0 Å². The van der Waals surface area contributed by atoms with Crippen molar-refractivity contribution in [3.63, 3.8) is 0 Å². The highest BCUT2D eigenvalue weighted by molar-refractivity contribution is 5.66. The van der Waals surface area contributed by atoms with Gasteiger partial charge in [0.05, 0.1) is 0 Å². The Bertz CT molecular complexity index is 601. The first-order chi connectivity index (χ1) is 12.2. The third-order valence-corrected chi connectivity index (χ3v) is 6.03. The molecule has 1 aromatic carbocycles. The number of allylic oxidation sites excluding steroid dienone is 4. The molecule has 25 heavy (non-hydrogen) atoms. The molecule has 1 saturated carbocycles. The Kier molecular flexibility index (Phi) is 6.45. The van der Waals surface area contributed by atoms with Gasteiger partial charge in [-0.3, -0.25) is 0 Å². The lowest BCUT2D eigenvalue weighted by molar-refractivity contribution is 0.212. The van der Waals surface area contributed by atoms with Crippen molar-refractivity contribution in [1.82, 2.24) is 0 Å². The van der Waals surface area contributed by atoms with Crippen molar-refractivity contribution in [1.29, 1.82) is 0 Å². The van der Waals surface area contributed by atoms with E-state index in [-0.39, 0.29) is 0 Å². The first kappa shape index (κ1) is 18.4. The van der Waals surface area contributed by atoms with Gasteiger partial charge in [0.2, 0.25) is 0 Å². The lowest BCUT2D eigenvalue weighted by atomic mass is 9.71. The van der Waals surface area contributed by atoms with Crippen LogP contribution in [0.15, 0.2) is 36.4 Å². The Morgan fingerprint density at radius 3 is 2.28 bits per heavy atom. The molecule has 0 aliphatic heterocycles. The average Bonchev–Trinajstić information content (AvgIpc) is 2.62. The van der Waals surface area contributed by atoms with Crippen LogP contribution in [-0.2, 0) is 0 Å². The SMILES string of the molecule is CCCC=CC1CCC(C2CC=C(c3cc(F)cc(F)c3)CC2)CC1. The highest BCUT2D eigenvalue weighted by atomic mass is 19.1. The number of hydrogen-bond donors (Lipinski definition) is 0. The molecule has 1 fully saturated rings. The van der Waals surface area contributed by atoms with Gasteiger partial charge >= 0.3 is 0 Å². The maximum atomic E-state index is 13.4. The minimum absolute atomic E-state index is 0.479. The van der Waals surface area contributed by atoms with Gasteiger partial charge in [0.1, 0.15) is 11.6 Å². The van der Waals surface area contributed by atoms with Crippen LogP contribution >= 0.6 is 0 Å². The summed E-state index contributed by atoms with van der Waals surface area (Å²) >= 11 is 0. The van der Waals surface area contributed by atoms with Gasteiger partial charge in [0.25, 0.3) is 0 Å². The molecule has 2 aliphatic carbocycles. The van der Waals surface area contributed by atoms with E-state index in [2.05, 4.69) is 25.2 Å². The third-order valence-electron chi connectivity index (χ3n) is 6.03. The predicted molar refractivity (Wildman–Crippen MR) is 101 cm³/mol. The summed E-state index contributed by atoms with van der Waals surface area (Å²) in [5.74, 6) is 1.41. The molecular formula is C23H30F2. The van der Waals surface area contributed by atoms with Gasteiger partial charge in [0, 0.05) is 6.07 Å². The second-order valence-electron chi connectivity index (χ2n) is 7.81. The summed E-state index contributed by atoms with van der Waals surface area (Å²) in [4.78, 5) is 0. The molecule has 0 heterocycles. The molecule has 0 spiro atoms. The zero-order valence-electron chi connectivity index (χ0n) is 15.3. The van der Waals surface area contributed by atoms with Crippen LogP contribution in [0.25, 0.3) is 5.57 Å². The van der Waals surface area contributed by atoms with E-state index in [4.69, 9.17) is 0 Å². The molecule has 0 N–H and O–H groups in total. The minimum atomic E-state index is -0.479. The molecule has 2 heteroatoms. The number of rotatable bonds is 5. The molecule has 1 unspecified atom stereocenters. The van der Waals surface area contributed by atoms with Crippen molar-refractivity contribution in [2.45, 2.75) is 64.7 Å². The Balaban J connectivity index is 1.53. The van der Waals surface area contributed by atoms with Crippen LogP contribution in [0.5, 0.6) is 0 Å². The molecular weight excluding hydrogens is 314 g/mol. The quantitative estimate of drug-likeness (QED) is 0.491. The molecule has 136 valence electrons. The first-order valence-electron chi connectivity index (χ1n) is 9.98. The van der Waals surface area contributed by atoms with Crippen molar-refractivity contribution in [3.05, 3.63) is 53.6 Å². The Morgan fingerprint density at radius 1 is 0.960 bits per heavy atom. The summed E-state index contributed by atoms with van der Waals surface area (Å²) in [6, 6.07) is 3.87. The predicted octanol–water partition coefficient (Wildman–Crippen LogP) is 7.31. The van der Waals surface area contributed by atoms with Gasteiger partial charge in [-0.05, 0) is 92.4 Å². The van der Waals surface area contributed by atoms with Crippen molar-refractivity contribution in [2.75, 3.05) is 0 Å². The van der Waals surface area contributed by atoms with E-state index in [0.717, 1.165) is 54.2 Å². The number of halogens is 2. The molecule has 0 radical (unpaired) electrons. The molecule has 0 saturated heterocycles. The highest BCUT2D eigenvalue weighted by Gasteiger charge is 2.28. The summed E-state index contributed by atoms with van der Waals surface area (Å²) in [6.07, 6.45) is 18.0. The van der Waals surface area contributed by atoms with Crippen LogP contribution in [0.3, 0.4) is 0 Å². The van der Waals surface area contributed by atoms with E-state index in [0.29, 0.717) is 0 Å². The van der Waals surface area contributed by atoms with Crippen LogP contribution < -0.4 is 0 Å². The number of unbranched alkanes of at least 4 members (excludes halogenated alkanes) is 1.